The van der Waals surface area contributed by atoms with Crippen LogP contribution in [0.5, 0.6) is 0 Å². The van der Waals surface area contributed by atoms with E-state index >= 15 is 0 Å². The van der Waals surface area contributed by atoms with Gasteiger partial charge in [0.2, 0.25) is 0 Å². The minimum Gasteiger partial charge on any atom is -0.481 e. The molecule has 0 bridgehead atoms. The molecule has 0 aromatic heterocycles. The predicted octanol–water partition coefficient (Wildman–Crippen LogP) is -0.563. The van der Waals surface area contributed by atoms with Gasteiger partial charge in [-0.1, -0.05) is 0 Å². The fraction of sp³-hybridized carbons (Fsp3) is 0.727. The first-order chi connectivity index (χ1) is 8.90. The molecule has 5 N–H and O–H groups in total. The lowest BCUT2D eigenvalue weighted by Gasteiger charge is -2.20. The number of nitrogens with zero attached hydrogens (tertiary/aromatic N) is 1. The Morgan fingerprint density at radius 2 is 2.05 bits per heavy atom. The van der Waals surface area contributed by atoms with Gasteiger partial charge in [-0.2, -0.15) is 0 Å². The van der Waals surface area contributed by atoms with E-state index in [1.54, 1.807) is 0 Å². The average molecular weight is 273 g/mol. The monoisotopic (exact) mass is 273 g/mol. The third-order valence-corrected chi connectivity index (χ3v) is 2.99. The van der Waals surface area contributed by atoms with E-state index in [1.165, 1.54) is 4.90 Å². The average Bonchev–Trinajstić information content (AvgIpc) is 2.73. The zero-order valence-electron chi connectivity index (χ0n) is 10.5. The molecule has 1 aliphatic rings. The molecule has 0 aliphatic carbocycles. The minimum absolute atomic E-state index is 0.0685. The van der Waals surface area contributed by atoms with Crippen LogP contribution in [0, 0.1) is 0 Å². The Bertz CT molecular complexity index is 360. The number of carboxylic acid groups (broad SMARTS) is 2. The molecule has 1 heterocycles. The van der Waals surface area contributed by atoms with Crippen LogP contribution in [0.3, 0.4) is 0 Å². The van der Waals surface area contributed by atoms with Crippen molar-refractivity contribution in [3.05, 3.63) is 0 Å². The van der Waals surface area contributed by atoms with Crippen molar-refractivity contribution in [3.8, 4) is 0 Å². The van der Waals surface area contributed by atoms with Crippen LogP contribution in [0.15, 0.2) is 0 Å². The summed E-state index contributed by atoms with van der Waals surface area (Å²) in [5, 5.41) is 19.9. The molecule has 0 saturated carbocycles. The molecular formula is C11H19N3O5. The first-order valence-corrected chi connectivity index (χ1v) is 6.15. The molecule has 19 heavy (non-hydrogen) atoms. The van der Waals surface area contributed by atoms with Crippen LogP contribution >= 0.6 is 0 Å². The molecule has 1 rings (SSSR count). The fourth-order valence-electron chi connectivity index (χ4n) is 1.93. The van der Waals surface area contributed by atoms with Gasteiger partial charge in [0, 0.05) is 25.6 Å². The van der Waals surface area contributed by atoms with Crippen molar-refractivity contribution in [2.75, 3.05) is 13.1 Å². The first-order valence-electron chi connectivity index (χ1n) is 6.15. The van der Waals surface area contributed by atoms with Crippen LogP contribution in [0.4, 0.5) is 4.79 Å². The van der Waals surface area contributed by atoms with E-state index in [-0.39, 0.29) is 25.3 Å². The second-order valence-electron chi connectivity index (χ2n) is 4.62. The summed E-state index contributed by atoms with van der Waals surface area (Å²) in [5.74, 6) is -2.15. The zero-order valence-corrected chi connectivity index (χ0v) is 10.5. The summed E-state index contributed by atoms with van der Waals surface area (Å²) in [5.41, 5.74) is 5.66. The number of aliphatic carboxylic acids is 2. The normalized spacial score (nSPS) is 20.1. The van der Waals surface area contributed by atoms with Crippen LogP contribution in [-0.4, -0.2) is 58.3 Å². The highest BCUT2D eigenvalue weighted by atomic mass is 16.4. The summed E-state index contributed by atoms with van der Waals surface area (Å²) in [6.45, 7) is 0.918. The number of amides is 2. The Hall–Kier alpha value is -1.83. The number of carbonyl (C=O) groups is 3. The number of nitrogens with one attached hydrogen (secondary N) is 1. The van der Waals surface area contributed by atoms with E-state index in [0.29, 0.717) is 19.5 Å². The highest BCUT2D eigenvalue weighted by Crippen LogP contribution is 2.08. The highest BCUT2D eigenvalue weighted by Gasteiger charge is 2.27. The Morgan fingerprint density at radius 1 is 1.37 bits per heavy atom. The van der Waals surface area contributed by atoms with E-state index in [1.807, 2.05) is 0 Å². The number of carbonyl (C=O) groups excluding carboxylic acids is 1. The first kappa shape index (κ1) is 15.2. The summed E-state index contributed by atoms with van der Waals surface area (Å²) in [6.07, 6.45) is 0.873. The fourth-order valence-corrected chi connectivity index (χ4v) is 1.93. The number of rotatable bonds is 6. The molecule has 1 aliphatic heterocycles. The maximum atomic E-state index is 11.8. The molecule has 1 unspecified atom stereocenters. The summed E-state index contributed by atoms with van der Waals surface area (Å²) in [6, 6.07) is -1.60. The second kappa shape index (κ2) is 6.93. The van der Waals surface area contributed by atoms with E-state index < -0.39 is 24.0 Å². The highest BCUT2D eigenvalue weighted by molar-refractivity contribution is 5.82. The van der Waals surface area contributed by atoms with Gasteiger partial charge in [0.15, 0.2) is 0 Å². The predicted molar refractivity (Wildman–Crippen MR) is 65.6 cm³/mol. The molecule has 8 nitrogen and oxygen atoms in total. The molecule has 0 aromatic carbocycles. The molecule has 0 radical (unpaired) electrons. The van der Waals surface area contributed by atoms with Crippen LogP contribution in [0.25, 0.3) is 0 Å². The van der Waals surface area contributed by atoms with Gasteiger partial charge in [-0.25, -0.2) is 9.59 Å². The molecule has 0 spiro atoms. The quantitative estimate of drug-likeness (QED) is 0.512. The Balaban J connectivity index is 2.42. The second-order valence-corrected chi connectivity index (χ2v) is 4.62. The standard InChI is InChI=1S/C11H19N3O5/c12-7-4-5-14(6-7)11(19)13-8(10(17)18)2-1-3-9(15)16/h7-8H,1-6,12H2,(H,13,19)(H,15,16)(H,17,18)/t7?,8-/m1/s1. The minimum atomic E-state index is -1.16. The third-order valence-electron chi connectivity index (χ3n) is 2.99. The van der Waals surface area contributed by atoms with Crippen LogP contribution in [-0.2, 0) is 9.59 Å². The molecule has 108 valence electrons. The summed E-state index contributed by atoms with van der Waals surface area (Å²) in [4.78, 5) is 34.6. The zero-order chi connectivity index (χ0) is 14.4. The van der Waals surface area contributed by atoms with Crippen molar-refractivity contribution in [2.45, 2.75) is 37.8 Å². The SMILES string of the molecule is NC1CCN(C(=O)N[C@H](CCCC(=O)O)C(=O)O)C1. The largest absolute Gasteiger partial charge is 0.481 e. The third kappa shape index (κ3) is 5.12. The van der Waals surface area contributed by atoms with Gasteiger partial charge < -0.3 is 26.2 Å². The van der Waals surface area contributed by atoms with Gasteiger partial charge in [0.05, 0.1) is 0 Å². The maximum absolute atomic E-state index is 11.8. The van der Waals surface area contributed by atoms with Crippen molar-refractivity contribution in [1.29, 1.82) is 0 Å². The van der Waals surface area contributed by atoms with E-state index in [9.17, 15) is 14.4 Å². The molecule has 1 fully saturated rings. The van der Waals surface area contributed by atoms with Crippen molar-refractivity contribution in [2.24, 2.45) is 5.73 Å². The number of hydrogen-bond acceptors (Lipinski definition) is 4. The van der Waals surface area contributed by atoms with Crippen molar-refractivity contribution in [1.82, 2.24) is 10.2 Å². The van der Waals surface area contributed by atoms with Crippen LogP contribution < -0.4 is 11.1 Å². The Morgan fingerprint density at radius 3 is 2.53 bits per heavy atom. The molecule has 8 heteroatoms. The Kier molecular flexibility index (Phi) is 5.56. The molecule has 1 saturated heterocycles. The van der Waals surface area contributed by atoms with Gasteiger partial charge >= 0.3 is 18.0 Å². The van der Waals surface area contributed by atoms with Gasteiger partial charge in [0.25, 0.3) is 0 Å². The summed E-state index contributed by atoms with van der Waals surface area (Å²) < 4.78 is 0. The lowest BCUT2D eigenvalue weighted by Crippen LogP contribution is -2.47. The number of hydrogen-bond donors (Lipinski definition) is 4. The van der Waals surface area contributed by atoms with Gasteiger partial charge in [-0.3, -0.25) is 4.79 Å². The van der Waals surface area contributed by atoms with Crippen LogP contribution in [0.2, 0.25) is 0 Å². The molecule has 0 aromatic rings. The lowest BCUT2D eigenvalue weighted by atomic mass is 10.1. The smallest absolute Gasteiger partial charge is 0.326 e. The maximum Gasteiger partial charge on any atom is 0.326 e. The number of likely N-dealkylation sites (tertiary alicyclic amines) is 1. The number of nitrogens with two attached hydrogens (primary N) is 1. The summed E-state index contributed by atoms with van der Waals surface area (Å²) >= 11 is 0. The van der Waals surface area contributed by atoms with Crippen LogP contribution in [0.1, 0.15) is 25.7 Å². The lowest BCUT2D eigenvalue weighted by molar-refractivity contribution is -0.140. The van der Waals surface area contributed by atoms with Gasteiger partial charge in [0.1, 0.15) is 6.04 Å². The number of carboxylic acids is 2. The molecule has 2 atom stereocenters. The van der Waals surface area contributed by atoms with Crippen molar-refractivity contribution in [3.63, 3.8) is 0 Å². The van der Waals surface area contributed by atoms with Crippen molar-refractivity contribution < 1.29 is 24.6 Å². The van der Waals surface area contributed by atoms with Crippen molar-refractivity contribution >= 4 is 18.0 Å². The summed E-state index contributed by atoms with van der Waals surface area (Å²) in [7, 11) is 0. The Labute approximate surface area is 110 Å². The van der Waals surface area contributed by atoms with Gasteiger partial charge in [-0.05, 0) is 19.3 Å². The van der Waals surface area contributed by atoms with E-state index in [2.05, 4.69) is 5.32 Å². The van der Waals surface area contributed by atoms with E-state index in [0.717, 1.165) is 0 Å². The molecule has 2 amide bonds. The van der Waals surface area contributed by atoms with Gasteiger partial charge in [-0.15, -0.1) is 0 Å². The van der Waals surface area contributed by atoms with E-state index in [4.69, 9.17) is 15.9 Å². The molecular weight excluding hydrogens is 254 g/mol. The number of urea groups is 1. The topological polar surface area (TPSA) is 133 Å².